The van der Waals surface area contributed by atoms with Gasteiger partial charge in [0.15, 0.2) is 0 Å². The molecule has 0 aromatic rings. The number of hydrogen-bond donors (Lipinski definition) is 0. The van der Waals surface area contributed by atoms with Crippen LogP contribution in [0.1, 0.15) is 0 Å². The second-order valence-electron chi connectivity index (χ2n) is 0.0894. The molecular weight excluding hydrogens is 68.0 g/mol. The van der Waals surface area contributed by atoms with Crippen molar-refractivity contribution in [2.45, 2.75) is 0 Å². The van der Waals surface area contributed by atoms with E-state index < -0.39 is 0 Å². The van der Waals surface area contributed by atoms with Crippen molar-refractivity contribution >= 4 is 0 Å². The van der Waals surface area contributed by atoms with E-state index in [4.69, 9.17) is 11.1 Å². The van der Waals surface area contributed by atoms with E-state index in [1.54, 1.807) is 0 Å². The number of hydrogen-bond acceptors (Lipinski definition) is 0. The molecule has 0 atom stereocenters. The van der Waals surface area contributed by atoms with E-state index >= 15 is 0 Å². The molecule has 0 aromatic carbocycles. The Morgan fingerprint density at radius 2 is 1.25 bits per heavy atom. The molecule has 0 aliphatic carbocycles. The standard InChI is InChI=1S/N3.Na/c1-3-2;/q-1;+1/i1+1,2+1,3+1;. The van der Waals surface area contributed by atoms with Crippen LogP contribution in [0.3, 0.4) is 0 Å². The van der Waals surface area contributed by atoms with Crippen molar-refractivity contribution in [1.29, 1.82) is 0 Å². The van der Waals surface area contributed by atoms with E-state index in [9.17, 15) is 0 Å². The minimum Gasteiger partial charge on any atom is -0.373 e. The molecule has 0 heterocycles. The van der Waals surface area contributed by atoms with E-state index in [2.05, 4.69) is 0 Å². The van der Waals surface area contributed by atoms with Gasteiger partial charge in [-0.2, -0.15) is 0 Å². The molecule has 0 unspecified atom stereocenters. The Morgan fingerprint density at radius 3 is 1.25 bits per heavy atom. The molecule has 0 radical (unpaired) electrons. The van der Waals surface area contributed by atoms with Gasteiger partial charge in [-0.25, -0.2) is 0 Å². The fraction of sp³-hybridized carbons (Fsp3) is 0. The minimum atomic E-state index is 0. The van der Waals surface area contributed by atoms with E-state index in [1.165, 1.54) is 4.91 Å². The van der Waals surface area contributed by atoms with Gasteiger partial charge in [0, 0.05) is 0 Å². The van der Waals surface area contributed by atoms with Gasteiger partial charge in [-0.1, -0.05) is 0 Å². The van der Waals surface area contributed by atoms with Gasteiger partial charge in [0.25, 0.3) is 0 Å². The van der Waals surface area contributed by atoms with Crippen LogP contribution in [0.2, 0.25) is 0 Å². The van der Waals surface area contributed by atoms with Gasteiger partial charge in [0.2, 0.25) is 0 Å². The van der Waals surface area contributed by atoms with E-state index in [-0.39, 0.29) is 29.6 Å². The largest absolute Gasteiger partial charge is 1.00 e. The van der Waals surface area contributed by atoms with Crippen LogP contribution in [0.4, 0.5) is 0 Å². The van der Waals surface area contributed by atoms with Crippen LogP contribution in [-0.4, -0.2) is 0 Å². The fourth-order valence-corrected chi connectivity index (χ4v) is 0. The molecule has 0 saturated carbocycles. The molecule has 0 aliphatic heterocycles. The maximum absolute atomic E-state index is 6.75. The van der Waals surface area contributed by atoms with E-state index in [0.29, 0.717) is 0 Å². The van der Waals surface area contributed by atoms with E-state index in [1.807, 2.05) is 0 Å². The van der Waals surface area contributed by atoms with Crippen LogP contribution in [0.5, 0.6) is 0 Å². The fourth-order valence-electron chi connectivity index (χ4n) is 0. The molecule has 0 rings (SSSR count). The molecule has 0 spiro atoms. The van der Waals surface area contributed by atoms with Crippen LogP contribution in [0, 0.1) is 0 Å². The van der Waals surface area contributed by atoms with Gasteiger partial charge in [-0.05, 0) is 0 Å². The molecule has 0 aromatic heterocycles. The van der Waals surface area contributed by atoms with Crippen molar-refractivity contribution in [3.8, 4) is 0 Å². The van der Waals surface area contributed by atoms with Gasteiger partial charge >= 0.3 is 29.6 Å². The molecule has 0 bridgehead atoms. The third kappa shape index (κ3) is 41.3. The third-order valence-corrected chi connectivity index (χ3v) is 0. The van der Waals surface area contributed by atoms with Gasteiger partial charge in [-0.15, -0.1) is 0 Å². The first-order valence-corrected chi connectivity index (χ1v) is 0.400. The molecule has 4 heavy (non-hydrogen) atoms. The SMILES string of the molecule is [15N-]=[15N+]=[15N-].[Na+]. The second kappa shape index (κ2) is 10.3. The van der Waals surface area contributed by atoms with Crippen LogP contribution in [-0.2, 0) is 0 Å². The van der Waals surface area contributed by atoms with Crippen LogP contribution in [0.15, 0.2) is 0 Å². The van der Waals surface area contributed by atoms with Crippen LogP contribution < -0.4 is 29.6 Å². The van der Waals surface area contributed by atoms with Crippen molar-refractivity contribution < 1.29 is 29.6 Å². The summed E-state index contributed by atoms with van der Waals surface area (Å²) in [5, 5.41) is 0. The summed E-state index contributed by atoms with van der Waals surface area (Å²) < 4.78 is 0. The van der Waals surface area contributed by atoms with Crippen molar-refractivity contribution in [1.82, 2.24) is 0 Å². The minimum absolute atomic E-state index is 0. The van der Waals surface area contributed by atoms with Gasteiger partial charge in [0.05, 0.1) is 0 Å². The van der Waals surface area contributed by atoms with Crippen molar-refractivity contribution in [2.24, 2.45) is 0 Å². The summed E-state index contributed by atoms with van der Waals surface area (Å²) in [4.78, 5) is 1.50. The predicted octanol–water partition coefficient (Wildman–Crippen LogP) is -2.13. The molecule has 0 saturated heterocycles. The summed E-state index contributed by atoms with van der Waals surface area (Å²) in [7, 11) is 0. The monoisotopic (exact) mass is 68.0 g/mol. The van der Waals surface area contributed by atoms with E-state index in [0.717, 1.165) is 0 Å². The first-order valence-electron chi connectivity index (χ1n) is 0.400. The quantitative estimate of drug-likeness (QED) is 0.102. The topological polar surface area (TPSA) is 58.7 Å². The van der Waals surface area contributed by atoms with Crippen LogP contribution in [0.25, 0.3) is 16.0 Å². The van der Waals surface area contributed by atoms with Crippen LogP contribution >= 0.6 is 0 Å². The zero-order valence-corrected chi connectivity index (χ0v) is 4.34. The summed E-state index contributed by atoms with van der Waals surface area (Å²) in [5.41, 5.74) is 13.5. The Hall–Kier alpha value is 0.310. The Bertz CT molecular complexity index is 24.3. The summed E-state index contributed by atoms with van der Waals surface area (Å²) in [6.07, 6.45) is 0. The molecule has 4 heteroatoms. The zero-order chi connectivity index (χ0) is 2.71. The Labute approximate surface area is 45.7 Å². The number of nitrogens with zero attached hydrogens (tertiary/aromatic N) is 3. The Balaban J connectivity index is 0. The second-order valence-corrected chi connectivity index (χ2v) is 0.0894. The van der Waals surface area contributed by atoms with Crippen molar-refractivity contribution in [3.63, 3.8) is 0 Å². The van der Waals surface area contributed by atoms with Crippen molar-refractivity contribution in [3.05, 3.63) is 16.0 Å². The van der Waals surface area contributed by atoms with Crippen molar-refractivity contribution in [2.75, 3.05) is 0 Å². The average Bonchev–Trinajstić information content (AvgIpc) is 0.918. The molecule has 0 aliphatic rings. The predicted molar refractivity (Wildman–Crippen MR) is 10.1 cm³/mol. The Kier molecular flexibility index (Phi) is 22.8. The normalized spacial score (nSPS) is 2.00. The molecule has 3 nitrogen and oxygen atoms in total. The van der Waals surface area contributed by atoms with Gasteiger partial charge in [0.1, 0.15) is 0 Å². The van der Waals surface area contributed by atoms with Gasteiger partial charge in [-0.3, -0.25) is 4.91 Å². The summed E-state index contributed by atoms with van der Waals surface area (Å²) >= 11 is 0. The van der Waals surface area contributed by atoms with Gasteiger partial charge < -0.3 is 11.1 Å². The summed E-state index contributed by atoms with van der Waals surface area (Å²) in [6, 6.07) is 0. The Morgan fingerprint density at radius 1 is 1.25 bits per heavy atom. The zero-order valence-electron chi connectivity index (χ0n) is 2.34. The average molecular weight is 68.0 g/mol. The first-order chi connectivity index (χ1) is 1.41. The summed E-state index contributed by atoms with van der Waals surface area (Å²) in [6.45, 7) is 0. The molecule has 0 N–H and O–H groups in total. The first kappa shape index (κ1) is 8.85. The molecular formula is N3Na. The molecule has 0 amide bonds. The maximum atomic E-state index is 6.75. The molecule has 0 fully saturated rings. The third-order valence-electron chi connectivity index (χ3n) is 0. The maximum Gasteiger partial charge on any atom is 1.00 e. The molecule has 16 valence electrons. The smallest absolute Gasteiger partial charge is 0.373 e. The summed E-state index contributed by atoms with van der Waals surface area (Å²) in [5.74, 6) is 0. The number of rotatable bonds is 0.